The van der Waals surface area contributed by atoms with Gasteiger partial charge in [0.15, 0.2) is 0 Å². The fourth-order valence-corrected chi connectivity index (χ4v) is 5.45. The first-order valence-electron chi connectivity index (χ1n) is 12.5. The van der Waals surface area contributed by atoms with Gasteiger partial charge in [-0.15, -0.1) is 0 Å². The lowest BCUT2D eigenvalue weighted by atomic mass is 9.91. The van der Waals surface area contributed by atoms with Gasteiger partial charge in [-0.2, -0.15) is 5.10 Å². The minimum atomic E-state index is -0.565. The topological polar surface area (TPSA) is 109 Å². The Morgan fingerprint density at radius 2 is 1.60 bits per heavy atom. The monoisotopic (exact) mass is 592 g/mol. The Bertz CT molecular complexity index is 1850. The summed E-state index contributed by atoms with van der Waals surface area (Å²) < 4.78 is 0.855. The van der Waals surface area contributed by atoms with Gasteiger partial charge in [0.25, 0.3) is 17.2 Å². The van der Waals surface area contributed by atoms with Gasteiger partial charge >= 0.3 is 0 Å². The number of amides is 1. The molecule has 8 nitrogen and oxygen atoms in total. The quantitative estimate of drug-likeness (QED) is 0.177. The number of hydrazone groups is 1. The van der Waals surface area contributed by atoms with Crippen molar-refractivity contribution in [2.75, 3.05) is 0 Å². The van der Waals surface area contributed by atoms with E-state index >= 15 is 0 Å². The number of hydrogen-bond donors (Lipinski definition) is 1. The first kappa shape index (κ1) is 25.4. The van der Waals surface area contributed by atoms with Crippen LogP contribution in [0.1, 0.15) is 33.9 Å². The van der Waals surface area contributed by atoms with E-state index in [0.29, 0.717) is 27.9 Å². The van der Waals surface area contributed by atoms with Gasteiger partial charge in [0.05, 0.1) is 22.2 Å². The van der Waals surface area contributed by atoms with Crippen molar-refractivity contribution in [2.24, 2.45) is 5.10 Å². The predicted molar refractivity (Wildman–Crippen MR) is 157 cm³/mol. The smallest absolute Gasteiger partial charge is 0.274 e. The third-order valence-electron chi connectivity index (χ3n) is 6.96. The molecule has 0 bridgehead atoms. The van der Waals surface area contributed by atoms with Gasteiger partial charge in [-0.1, -0.05) is 76.6 Å². The largest absolute Gasteiger partial charge is 0.321 e. The molecule has 1 aromatic heterocycles. The van der Waals surface area contributed by atoms with Gasteiger partial charge in [0.1, 0.15) is 0 Å². The number of aromatic amines is 1. The zero-order chi connectivity index (χ0) is 27.8. The van der Waals surface area contributed by atoms with E-state index in [-0.39, 0.29) is 23.6 Å². The number of fused-ring (bicyclic) bond motifs is 1. The van der Waals surface area contributed by atoms with E-state index in [9.17, 15) is 19.7 Å². The fraction of sp³-hybridized carbons (Fsp3) is 0.0645. The Labute approximate surface area is 236 Å². The van der Waals surface area contributed by atoms with Crippen LogP contribution in [0.2, 0.25) is 0 Å². The van der Waals surface area contributed by atoms with Crippen LogP contribution in [-0.2, 0) is 0 Å². The highest BCUT2D eigenvalue weighted by molar-refractivity contribution is 9.10. The fourth-order valence-electron chi connectivity index (χ4n) is 5.08. The van der Waals surface area contributed by atoms with E-state index in [1.165, 1.54) is 17.1 Å². The van der Waals surface area contributed by atoms with Gasteiger partial charge in [0.2, 0.25) is 0 Å². The Kier molecular flexibility index (Phi) is 6.57. The second-order valence-electron chi connectivity index (χ2n) is 9.39. The molecule has 9 heteroatoms. The molecule has 1 atom stereocenters. The summed E-state index contributed by atoms with van der Waals surface area (Å²) in [4.78, 5) is 41.1. The summed E-state index contributed by atoms with van der Waals surface area (Å²) in [6.45, 7) is 0. The number of hydrogen-bond acceptors (Lipinski definition) is 5. The van der Waals surface area contributed by atoms with Crippen LogP contribution in [0.25, 0.3) is 22.0 Å². The van der Waals surface area contributed by atoms with Crippen LogP contribution < -0.4 is 5.56 Å². The minimum Gasteiger partial charge on any atom is -0.321 e. The Balaban J connectivity index is 1.55. The third kappa shape index (κ3) is 4.60. The first-order chi connectivity index (χ1) is 19.4. The minimum absolute atomic E-state index is 0.0493. The summed E-state index contributed by atoms with van der Waals surface area (Å²) >= 11 is 3.55. The van der Waals surface area contributed by atoms with Crippen LogP contribution in [0.3, 0.4) is 0 Å². The van der Waals surface area contributed by atoms with Crippen molar-refractivity contribution < 1.29 is 9.72 Å². The molecule has 196 valence electrons. The van der Waals surface area contributed by atoms with Gasteiger partial charge in [-0.05, 0) is 41.5 Å². The summed E-state index contributed by atoms with van der Waals surface area (Å²) in [5, 5.41) is 18.2. The summed E-state index contributed by atoms with van der Waals surface area (Å²) in [5.41, 5.74) is 3.83. The molecule has 2 heterocycles. The maximum Gasteiger partial charge on any atom is 0.274 e. The molecule has 0 radical (unpaired) electrons. The highest BCUT2D eigenvalue weighted by Crippen LogP contribution is 2.38. The number of carbonyl (C=O) groups excluding carboxylic acids is 1. The average molecular weight is 593 g/mol. The number of nitro groups is 1. The zero-order valence-corrected chi connectivity index (χ0v) is 22.5. The number of non-ortho nitro benzene ring substituents is 1. The number of pyridine rings is 1. The van der Waals surface area contributed by atoms with Crippen LogP contribution >= 0.6 is 15.9 Å². The molecule has 1 N–H and O–H groups in total. The van der Waals surface area contributed by atoms with Gasteiger partial charge in [-0.25, -0.2) is 5.01 Å². The molecule has 0 spiro atoms. The highest BCUT2D eigenvalue weighted by Gasteiger charge is 2.36. The molecule has 0 saturated carbocycles. The lowest BCUT2D eigenvalue weighted by Crippen LogP contribution is -2.27. The average Bonchev–Trinajstić information content (AvgIpc) is 3.42. The van der Waals surface area contributed by atoms with Crippen molar-refractivity contribution in [1.82, 2.24) is 9.99 Å². The Hall–Kier alpha value is -4.89. The van der Waals surface area contributed by atoms with Crippen LogP contribution in [-0.4, -0.2) is 26.5 Å². The summed E-state index contributed by atoms with van der Waals surface area (Å²) in [7, 11) is 0. The maximum absolute atomic E-state index is 13.7. The lowest BCUT2D eigenvalue weighted by molar-refractivity contribution is -0.384. The van der Waals surface area contributed by atoms with E-state index in [1.54, 1.807) is 36.4 Å². The number of nitro benzene ring substituents is 1. The number of H-pyrrole nitrogens is 1. The SMILES string of the molecule is O=C(c1ccccc1)N1N=C(c2c(-c3ccccc3)c3cc(Br)ccc3[nH]c2=O)C[C@@H]1c1ccc([N+](=O)[O-])cc1. The van der Waals surface area contributed by atoms with E-state index in [0.717, 1.165) is 21.0 Å². The standard InChI is InChI=1S/C31H21BrN4O4/c32-22-13-16-25-24(17-22)28(20-7-3-1-4-8-20)29(30(37)33-25)26-18-27(19-11-14-23(15-12-19)36(39)40)35(34-26)31(38)21-9-5-2-6-10-21/h1-17,27H,18H2,(H,33,37)/t27-/m1/s1. The first-order valence-corrected chi connectivity index (χ1v) is 13.3. The molecule has 0 unspecified atom stereocenters. The Morgan fingerprint density at radius 1 is 0.925 bits per heavy atom. The number of halogens is 1. The number of nitrogens with one attached hydrogen (secondary N) is 1. The highest BCUT2D eigenvalue weighted by atomic mass is 79.9. The Morgan fingerprint density at radius 3 is 2.27 bits per heavy atom. The molecule has 1 aliphatic heterocycles. The van der Waals surface area contributed by atoms with Crippen LogP contribution in [0.4, 0.5) is 5.69 Å². The van der Waals surface area contributed by atoms with Gasteiger partial charge in [-0.3, -0.25) is 19.7 Å². The normalized spacial score (nSPS) is 14.8. The molecule has 0 saturated heterocycles. The zero-order valence-electron chi connectivity index (χ0n) is 21.0. The van der Waals surface area contributed by atoms with Crippen LogP contribution in [0.15, 0.2) is 117 Å². The van der Waals surface area contributed by atoms with E-state index in [2.05, 4.69) is 20.9 Å². The molecule has 0 fully saturated rings. The molecule has 4 aromatic carbocycles. The van der Waals surface area contributed by atoms with Crippen LogP contribution in [0, 0.1) is 10.1 Å². The number of rotatable bonds is 5. The van der Waals surface area contributed by atoms with E-state index < -0.39 is 11.0 Å². The number of aromatic nitrogens is 1. The molecular weight excluding hydrogens is 572 g/mol. The number of benzene rings is 4. The molecular formula is C31H21BrN4O4. The second kappa shape index (κ2) is 10.3. The maximum atomic E-state index is 13.7. The van der Waals surface area contributed by atoms with Crippen molar-refractivity contribution >= 4 is 44.1 Å². The van der Waals surface area contributed by atoms with E-state index in [4.69, 9.17) is 5.10 Å². The van der Waals surface area contributed by atoms with Crippen molar-refractivity contribution in [2.45, 2.75) is 12.5 Å². The van der Waals surface area contributed by atoms with Gasteiger partial charge in [0, 0.05) is 45.1 Å². The molecule has 1 aliphatic rings. The van der Waals surface area contributed by atoms with E-state index in [1.807, 2.05) is 54.6 Å². The summed E-state index contributed by atoms with van der Waals surface area (Å²) in [5.74, 6) is -0.333. The van der Waals surface area contributed by atoms with Crippen molar-refractivity contribution in [3.05, 3.63) is 145 Å². The number of carbonyl (C=O) groups is 1. The summed E-state index contributed by atoms with van der Waals surface area (Å²) in [6, 6.07) is 29.6. The van der Waals surface area contributed by atoms with Crippen molar-refractivity contribution in [3.63, 3.8) is 0 Å². The lowest BCUT2D eigenvalue weighted by Gasteiger charge is -2.22. The predicted octanol–water partition coefficient (Wildman–Crippen LogP) is 6.86. The van der Waals surface area contributed by atoms with Crippen molar-refractivity contribution in [1.29, 1.82) is 0 Å². The third-order valence-corrected chi connectivity index (χ3v) is 7.45. The molecule has 1 amide bonds. The van der Waals surface area contributed by atoms with Gasteiger partial charge < -0.3 is 4.98 Å². The summed E-state index contributed by atoms with van der Waals surface area (Å²) in [6.07, 6.45) is 0.249. The molecule has 6 rings (SSSR count). The number of nitrogens with zero attached hydrogens (tertiary/aromatic N) is 3. The molecule has 5 aromatic rings. The van der Waals surface area contributed by atoms with Crippen LogP contribution in [0.5, 0.6) is 0 Å². The molecule has 40 heavy (non-hydrogen) atoms. The van der Waals surface area contributed by atoms with Crippen molar-refractivity contribution in [3.8, 4) is 11.1 Å². The molecule has 0 aliphatic carbocycles. The second-order valence-corrected chi connectivity index (χ2v) is 10.3.